The smallest absolute Gasteiger partial charge is 0.128 e. The molecule has 0 unspecified atom stereocenters. The number of hydrogen-bond acceptors (Lipinski definition) is 3. The first-order valence-corrected chi connectivity index (χ1v) is 18.6. The molecule has 0 N–H and O–H groups in total. The molecular weight excluding hydrogens is 657 g/mol. The summed E-state index contributed by atoms with van der Waals surface area (Å²) in [5.74, 6) is 1.51. The average molecular weight is 697 g/mol. The molecule has 3 nitrogen and oxygen atoms in total. The molecule has 2 heterocycles. The van der Waals surface area contributed by atoms with Crippen molar-refractivity contribution in [2.24, 2.45) is 0 Å². The molecule has 3 heteroatoms. The van der Waals surface area contributed by atoms with Crippen LogP contribution in [0.5, 0.6) is 11.5 Å². The summed E-state index contributed by atoms with van der Waals surface area (Å²) in [6.07, 6.45) is 3.87. The number of fused-ring (bicyclic) bond motifs is 8. The molecule has 0 amide bonds. The summed E-state index contributed by atoms with van der Waals surface area (Å²) in [5, 5.41) is 0. The molecule has 54 heavy (non-hydrogen) atoms. The largest absolute Gasteiger partial charge is 0.457 e. The quantitative estimate of drug-likeness (QED) is 0.180. The summed E-state index contributed by atoms with van der Waals surface area (Å²) in [6.45, 7) is 8.80. The number of ether oxygens (including phenoxy) is 1. The highest BCUT2D eigenvalue weighted by Gasteiger charge is 2.22. The number of rotatable bonds is 5. The van der Waals surface area contributed by atoms with Gasteiger partial charge in [0.2, 0.25) is 0 Å². The van der Waals surface area contributed by atoms with Crippen LogP contribution in [0, 0.1) is 6.92 Å². The molecule has 260 valence electrons. The molecule has 0 saturated heterocycles. The van der Waals surface area contributed by atoms with Crippen LogP contribution < -0.4 is 4.74 Å². The first kappa shape index (κ1) is 33.3. The van der Waals surface area contributed by atoms with Crippen LogP contribution in [0.1, 0.15) is 31.9 Å². The molecule has 2 aromatic heterocycles. The number of pyridine rings is 2. The predicted octanol–water partition coefficient (Wildman–Crippen LogP) is 13.9. The van der Waals surface area contributed by atoms with Crippen LogP contribution in [-0.2, 0) is 5.41 Å². The lowest BCUT2D eigenvalue weighted by Crippen LogP contribution is -2.11. The monoisotopic (exact) mass is 696 g/mol. The van der Waals surface area contributed by atoms with E-state index in [4.69, 9.17) is 9.72 Å². The van der Waals surface area contributed by atoms with Gasteiger partial charge in [0, 0.05) is 23.5 Å². The second-order valence-corrected chi connectivity index (χ2v) is 15.1. The van der Waals surface area contributed by atoms with Gasteiger partial charge >= 0.3 is 0 Å². The van der Waals surface area contributed by atoms with Gasteiger partial charge in [-0.25, -0.2) is 0 Å². The van der Waals surface area contributed by atoms with Crippen LogP contribution in [0.3, 0.4) is 0 Å². The van der Waals surface area contributed by atoms with Gasteiger partial charge in [-0.1, -0.05) is 130 Å². The van der Waals surface area contributed by atoms with E-state index in [0.717, 1.165) is 50.7 Å². The zero-order chi connectivity index (χ0) is 36.8. The molecule has 0 atom stereocenters. The van der Waals surface area contributed by atoms with E-state index in [1.54, 1.807) is 0 Å². The predicted molar refractivity (Wildman–Crippen MR) is 224 cm³/mol. The highest BCUT2D eigenvalue weighted by atomic mass is 16.5. The Bertz CT molecular complexity index is 2690. The van der Waals surface area contributed by atoms with Crippen molar-refractivity contribution >= 4 is 0 Å². The summed E-state index contributed by atoms with van der Waals surface area (Å²) < 4.78 is 6.45. The Labute approximate surface area is 317 Å². The Kier molecular flexibility index (Phi) is 8.28. The number of benzene rings is 6. The van der Waals surface area contributed by atoms with E-state index in [0.29, 0.717) is 0 Å². The lowest BCUT2D eigenvalue weighted by Gasteiger charge is -2.23. The third kappa shape index (κ3) is 6.18. The normalized spacial score (nSPS) is 11.7. The number of aryl methyl sites for hydroxylation is 1. The van der Waals surface area contributed by atoms with Gasteiger partial charge in [0.1, 0.15) is 11.5 Å². The minimum atomic E-state index is 0.0411. The summed E-state index contributed by atoms with van der Waals surface area (Å²) in [7, 11) is 0. The van der Waals surface area contributed by atoms with Crippen molar-refractivity contribution in [1.29, 1.82) is 0 Å². The first-order chi connectivity index (χ1) is 26.3. The highest BCUT2D eigenvalue weighted by Crippen LogP contribution is 2.48. The maximum Gasteiger partial charge on any atom is 0.128 e. The lowest BCUT2D eigenvalue weighted by atomic mass is 9.80. The zero-order valence-corrected chi connectivity index (χ0v) is 31.0. The third-order valence-corrected chi connectivity index (χ3v) is 10.5. The van der Waals surface area contributed by atoms with Crippen molar-refractivity contribution < 1.29 is 4.74 Å². The summed E-state index contributed by atoms with van der Waals surface area (Å²) >= 11 is 0. The lowest BCUT2D eigenvalue weighted by molar-refractivity contribution is 0.483. The molecule has 0 fully saturated rings. The van der Waals surface area contributed by atoms with Crippen LogP contribution >= 0.6 is 0 Å². The second-order valence-electron chi connectivity index (χ2n) is 15.1. The fourth-order valence-corrected chi connectivity index (χ4v) is 7.65. The minimum absolute atomic E-state index is 0.0411. The molecule has 6 aromatic carbocycles. The van der Waals surface area contributed by atoms with Crippen LogP contribution in [0.4, 0.5) is 0 Å². The zero-order valence-electron chi connectivity index (χ0n) is 31.0. The fraction of sp³-hybridized carbons (Fsp3) is 0.0980. The van der Waals surface area contributed by atoms with E-state index in [-0.39, 0.29) is 5.41 Å². The van der Waals surface area contributed by atoms with Gasteiger partial charge < -0.3 is 4.74 Å². The van der Waals surface area contributed by atoms with E-state index in [1.807, 2.05) is 36.7 Å². The number of nitrogens with zero attached hydrogens (tertiary/aromatic N) is 2. The van der Waals surface area contributed by atoms with Gasteiger partial charge in [-0.3, -0.25) is 9.97 Å². The van der Waals surface area contributed by atoms with Crippen LogP contribution in [0.25, 0.3) is 78.1 Å². The molecule has 1 aliphatic carbocycles. The van der Waals surface area contributed by atoms with Crippen molar-refractivity contribution in [3.63, 3.8) is 0 Å². The highest BCUT2D eigenvalue weighted by molar-refractivity contribution is 6.03. The number of hydrogen-bond donors (Lipinski definition) is 0. The number of aromatic nitrogens is 2. The Morgan fingerprint density at radius 3 is 1.44 bits per heavy atom. The third-order valence-electron chi connectivity index (χ3n) is 10.5. The molecule has 0 spiro atoms. The average Bonchev–Trinajstić information content (AvgIpc) is 3.20. The van der Waals surface area contributed by atoms with Gasteiger partial charge in [0.15, 0.2) is 0 Å². The summed E-state index contributed by atoms with van der Waals surface area (Å²) in [4.78, 5) is 9.57. The van der Waals surface area contributed by atoms with Crippen molar-refractivity contribution in [1.82, 2.24) is 9.97 Å². The second kappa shape index (κ2) is 13.4. The SMILES string of the molecule is Cc1cnc(-c2cccc(Oc3cccc(-c4cc(C(C)(C)C)ccn4)c3)c2)cc1-c1ccc2c(c1)-c1ccccc1-c1ccccc1-c1ccccc1-2. The van der Waals surface area contributed by atoms with Crippen LogP contribution in [0.2, 0.25) is 0 Å². The molecule has 8 aromatic rings. The van der Waals surface area contributed by atoms with Gasteiger partial charge in [-0.05, 0) is 128 Å². The van der Waals surface area contributed by atoms with E-state index < -0.39 is 0 Å². The Morgan fingerprint density at radius 2 is 0.907 bits per heavy atom. The van der Waals surface area contributed by atoms with Crippen molar-refractivity contribution in [3.8, 4) is 89.6 Å². The van der Waals surface area contributed by atoms with E-state index >= 15 is 0 Å². The van der Waals surface area contributed by atoms with Crippen LogP contribution in [-0.4, -0.2) is 9.97 Å². The summed E-state index contributed by atoms with van der Waals surface area (Å²) in [6, 6.07) is 56.1. The maximum atomic E-state index is 6.45. The Balaban J connectivity index is 1.07. The van der Waals surface area contributed by atoms with Crippen LogP contribution in [0.15, 0.2) is 170 Å². The topological polar surface area (TPSA) is 35.0 Å². The van der Waals surface area contributed by atoms with E-state index in [2.05, 4.69) is 166 Å². The summed E-state index contributed by atoms with van der Waals surface area (Å²) in [5.41, 5.74) is 18.5. The minimum Gasteiger partial charge on any atom is -0.457 e. The van der Waals surface area contributed by atoms with Crippen molar-refractivity contribution in [2.45, 2.75) is 33.1 Å². The van der Waals surface area contributed by atoms with Gasteiger partial charge in [0.25, 0.3) is 0 Å². The maximum absolute atomic E-state index is 6.45. The standard InChI is InChI=1S/C51H40N2O/c1-33-32-53-50(36-14-12-16-39(28-36)54-38-15-11-13-35(27-38)49-30-37(25-26-52-49)51(2,3)4)31-47(33)34-23-24-46-44-21-8-7-19-42(44)40-17-5-6-18-41(40)43-20-9-10-22-45(43)48(46)29-34/h5-32H,1-4H3. The van der Waals surface area contributed by atoms with Gasteiger partial charge in [0.05, 0.1) is 11.4 Å². The fourth-order valence-electron chi connectivity index (χ4n) is 7.65. The molecule has 9 rings (SSSR count). The molecule has 0 radical (unpaired) electrons. The van der Waals surface area contributed by atoms with Crippen molar-refractivity contribution in [3.05, 3.63) is 181 Å². The van der Waals surface area contributed by atoms with Gasteiger partial charge in [-0.15, -0.1) is 0 Å². The molecule has 0 saturated carbocycles. The Morgan fingerprint density at radius 1 is 0.407 bits per heavy atom. The first-order valence-electron chi connectivity index (χ1n) is 18.6. The molecule has 0 bridgehead atoms. The van der Waals surface area contributed by atoms with E-state index in [1.165, 1.54) is 50.1 Å². The molecular formula is C51H40N2O. The van der Waals surface area contributed by atoms with Crippen molar-refractivity contribution in [2.75, 3.05) is 0 Å². The van der Waals surface area contributed by atoms with Gasteiger partial charge in [-0.2, -0.15) is 0 Å². The molecule has 0 aliphatic heterocycles. The Hall–Kier alpha value is -6.58. The molecule has 1 aliphatic rings. The van der Waals surface area contributed by atoms with E-state index in [9.17, 15) is 0 Å².